The van der Waals surface area contributed by atoms with Gasteiger partial charge in [-0.25, -0.2) is 0 Å². The highest BCUT2D eigenvalue weighted by Gasteiger charge is 2.06. The molecule has 0 atom stereocenters. The van der Waals surface area contributed by atoms with Crippen LogP contribution in [0.25, 0.3) is 11.3 Å². The maximum atomic E-state index is 4.42. The highest BCUT2D eigenvalue weighted by atomic mass is 15.3. The first-order chi connectivity index (χ1) is 6.68. The summed E-state index contributed by atoms with van der Waals surface area (Å²) in [5, 5.41) is 4.42. The SMILES string of the molecule is Cc1ncccc1-c1cc(C)n(C)n1. The van der Waals surface area contributed by atoms with Gasteiger partial charge in [-0.15, -0.1) is 0 Å². The fourth-order valence-corrected chi connectivity index (χ4v) is 1.45. The number of aromatic nitrogens is 3. The van der Waals surface area contributed by atoms with Crippen LogP contribution in [0.1, 0.15) is 11.4 Å². The van der Waals surface area contributed by atoms with Crippen molar-refractivity contribution in [2.45, 2.75) is 13.8 Å². The summed E-state index contributed by atoms with van der Waals surface area (Å²) in [6, 6.07) is 6.06. The van der Waals surface area contributed by atoms with Crippen molar-refractivity contribution in [1.29, 1.82) is 0 Å². The second kappa shape index (κ2) is 3.25. The van der Waals surface area contributed by atoms with E-state index in [1.54, 1.807) is 6.20 Å². The van der Waals surface area contributed by atoms with Gasteiger partial charge in [-0.1, -0.05) is 0 Å². The summed E-state index contributed by atoms with van der Waals surface area (Å²) in [6.45, 7) is 4.04. The Hall–Kier alpha value is -1.64. The summed E-state index contributed by atoms with van der Waals surface area (Å²) in [5.41, 5.74) is 4.28. The van der Waals surface area contributed by atoms with Crippen molar-refractivity contribution in [3.05, 3.63) is 35.8 Å². The summed E-state index contributed by atoms with van der Waals surface area (Å²) >= 11 is 0. The van der Waals surface area contributed by atoms with E-state index < -0.39 is 0 Å². The minimum Gasteiger partial charge on any atom is -0.272 e. The molecule has 0 spiro atoms. The Morgan fingerprint density at radius 1 is 1.29 bits per heavy atom. The lowest BCUT2D eigenvalue weighted by Gasteiger charge is -1.99. The molecular weight excluding hydrogens is 174 g/mol. The Bertz CT molecular complexity index is 438. The van der Waals surface area contributed by atoms with Gasteiger partial charge < -0.3 is 0 Å². The standard InChI is InChI=1S/C11H13N3/c1-8-7-11(13-14(8)3)10-5-4-6-12-9(10)2/h4-7H,1-3H3. The van der Waals surface area contributed by atoms with Crippen LogP contribution in [0.4, 0.5) is 0 Å². The fraction of sp³-hybridized carbons (Fsp3) is 0.273. The van der Waals surface area contributed by atoms with Crippen LogP contribution in [0.5, 0.6) is 0 Å². The minimum atomic E-state index is 0.996. The maximum Gasteiger partial charge on any atom is 0.0944 e. The van der Waals surface area contributed by atoms with E-state index in [-0.39, 0.29) is 0 Å². The van der Waals surface area contributed by atoms with E-state index in [1.165, 1.54) is 0 Å². The third-order valence-corrected chi connectivity index (χ3v) is 2.40. The van der Waals surface area contributed by atoms with Crippen molar-refractivity contribution in [2.75, 3.05) is 0 Å². The van der Waals surface area contributed by atoms with E-state index in [0.717, 1.165) is 22.6 Å². The number of aryl methyl sites for hydroxylation is 3. The molecule has 0 N–H and O–H groups in total. The van der Waals surface area contributed by atoms with Gasteiger partial charge in [0.25, 0.3) is 0 Å². The second-order valence-corrected chi connectivity index (χ2v) is 3.43. The van der Waals surface area contributed by atoms with Crippen LogP contribution in [0.15, 0.2) is 24.4 Å². The van der Waals surface area contributed by atoms with Gasteiger partial charge in [0.1, 0.15) is 0 Å². The van der Waals surface area contributed by atoms with Crippen LogP contribution in [-0.2, 0) is 7.05 Å². The third-order valence-electron chi connectivity index (χ3n) is 2.40. The Morgan fingerprint density at radius 3 is 2.64 bits per heavy atom. The molecule has 2 rings (SSSR count). The molecule has 0 saturated heterocycles. The van der Waals surface area contributed by atoms with E-state index in [2.05, 4.69) is 16.1 Å². The smallest absolute Gasteiger partial charge is 0.0944 e. The lowest BCUT2D eigenvalue weighted by molar-refractivity contribution is 0.742. The fourth-order valence-electron chi connectivity index (χ4n) is 1.45. The summed E-state index contributed by atoms with van der Waals surface area (Å²) in [4.78, 5) is 4.25. The highest BCUT2D eigenvalue weighted by Crippen LogP contribution is 2.20. The summed E-state index contributed by atoms with van der Waals surface area (Å²) in [6.07, 6.45) is 1.80. The quantitative estimate of drug-likeness (QED) is 0.684. The zero-order valence-corrected chi connectivity index (χ0v) is 8.65. The van der Waals surface area contributed by atoms with Crippen molar-refractivity contribution in [2.24, 2.45) is 7.05 Å². The molecule has 3 nitrogen and oxygen atoms in total. The third kappa shape index (κ3) is 1.41. The van der Waals surface area contributed by atoms with E-state index in [0.29, 0.717) is 0 Å². The zero-order chi connectivity index (χ0) is 10.1. The summed E-state index contributed by atoms with van der Waals surface area (Å²) in [7, 11) is 1.95. The van der Waals surface area contributed by atoms with Gasteiger partial charge in [-0.3, -0.25) is 9.67 Å². The molecule has 0 saturated carbocycles. The van der Waals surface area contributed by atoms with Crippen LogP contribution in [0.2, 0.25) is 0 Å². The molecule has 0 aliphatic heterocycles. The van der Waals surface area contributed by atoms with E-state index >= 15 is 0 Å². The van der Waals surface area contributed by atoms with Crippen molar-refractivity contribution in [3.63, 3.8) is 0 Å². The number of pyridine rings is 1. The molecule has 3 heteroatoms. The van der Waals surface area contributed by atoms with Crippen LogP contribution in [0.3, 0.4) is 0 Å². The average Bonchev–Trinajstić information content (AvgIpc) is 2.48. The Kier molecular flexibility index (Phi) is 2.08. The Balaban J connectivity index is 2.55. The van der Waals surface area contributed by atoms with E-state index in [4.69, 9.17) is 0 Å². The molecule has 2 heterocycles. The molecule has 0 unspecified atom stereocenters. The van der Waals surface area contributed by atoms with Gasteiger partial charge >= 0.3 is 0 Å². The van der Waals surface area contributed by atoms with E-state index in [1.807, 2.05) is 37.7 Å². The summed E-state index contributed by atoms with van der Waals surface area (Å²) in [5.74, 6) is 0. The summed E-state index contributed by atoms with van der Waals surface area (Å²) < 4.78 is 1.88. The molecule has 0 fully saturated rings. The van der Waals surface area contributed by atoms with Crippen LogP contribution in [-0.4, -0.2) is 14.8 Å². The van der Waals surface area contributed by atoms with Crippen LogP contribution in [0, 0.1) is 13.8 Å². The predicted octanol–water partition coefficient (Wildman–Crippen LogP) is 2.10. The van der Waals surface area contributed by atoms with Crippen molar-refractivity contribution < 1.29 is 0 Å². The average molecular weight is 187 g/mol. The maximum absolute atomic E-state index is 4.42. The van der Waals surface area contributed by atoms with Gasteiger partial charge in [0, 0.05) is 30.2 Å². The topological polar surface area (TPSA) is 30.7 Å². The molecule has 72 valence electrons. The molecule has 0 aliphatic rings. The molecule has 0 aliphatic carbocycles. The molecule has 0 bridgehead atoms. The second-order valence-electron chi connectivity index (χ2n) is 3.43. The van der Waals surface area contributed by atoms with Crippen molar-refractivity contribution >= 4 is 0 Å². The Labute approximate surface area is 83.4 Å². The Morgan fingerprint density at radius 2 is 2.07 bits per heavy atom. The molecule has 0 aromatic carbocycles. The lowest BCUT2D eigenvalue weighted by Crippen LogP contribution is -1.93. The van der Waals surface area contributed by atoms with Gasteiger partial charge in [0.15, 0.2) is 0 Å². The first-order valence-corrected chi connectivity index (χ1v) is 4.61. The number of rotatable bonds is 1. The molecule has 0 radical (unpaired) electrons. The van der Waals surface area contributed by atoms with Gasteiger partial charge in [0.05, 0.1) is 5.69 Å². The van der Waals surface area contributed by atoms with Crippen LogP contribution >= 0.6 is 0 Å². The van der Waals surface area contributed by atoms with Gasteiger partial charge in [-0.05, 0) is 32.0 Å². The zero-order valence-electron chi connectivity index (χ0n) is 8.65. The van der Waals surface area contributed by atoms with Crippen molar-refractivity contribution in [1.82, 2.24) is 14.8 Å². The van der Waals surface area contributed by atoms with Gasteiger partial charge in [-0.2, -0.15) is 5.10 Å². The highest BCUT2D eigenvalue weighted by molar-refractivity contribution is 5.61. The first kappa shape index (κ1) is 8.94. The monoisotopic (exact) mass is 187 g/mol. The first-order valence-electron chi connectivity index (χ1n) is 4.61. The number of hydrogen-bond donors (Lipinski definition) is 0. The molecular formula is C11H13N3. The minimum absolute atomic E-state index is 0.996. The molecule has 0 amide bonds. The molecule has 14 heavy (non-hydrogen) atoms. The number of hydrogen-bond acceptors (Lipinski definition) is 2. The van der Waals surface area contributed by atoms with Gasteiger partial charge in [0.2, 0.25) is 0 Å². The normalized spacial score (nSPS) is 10.5. The van der Waals surface area contributed by atoms with E-state index in [9.17, 15) is 0 Å². The van der Waals surface area contributed by atoms with Crippen LogP contribution < -0.4 is 0 Å². The van der Waals surface area contributed by atoms with Crippen molar-refractivity contribution in [3.8, 4) is 11.3 Å². The molecule has 2 aromatic rings. The lowest BCUT2D eigenvalue weighted by atomic mass is 10.1. The predicted molar refractivity (Wildman–Crippen MR) is 55.9 cm³/mol. The molecule has 2 aromatic heterocycles. The largest absolute Gasteiger partial charge is 0.272 e. The number of nitrogens with zero attached hydrogens (tertiary/aromatic N) is 3.